The number of aromatic amines is 1. The van der Waals surface area contributed by atoms with Gasteiger partial charge < -0.3 is 9.78 Å². The summed E-state index contributed by atoms with van der Waals surface area (Å²) in [7, 11) is 0. The number of benzene rings is 1. The second-order valence-electron chi connectivity index (χ2n) is 2.57. The van der Waals surface area contributed by atoms with E-state index in [2.05, 4.69) is 36.2 Å². The maximum atomic E-state index is 8.00. The van der Waals surface area contributed by atoms with Crippen LogP contribution in [0.1, 0.15) is 5.56 Å². The molecule has 0 saturated heterocycles. The van der Waals surface area contributed by atoms with Crippen molar-refractivity contribution in [1.82, 2.24) is 4.98 Å². The van der Waals surface area contributed by atoms with E-state index in [4.69, 9.17) is 4.79 Å². The molecule has 2 aromatic rings. The molecule has 2 rings (SSSR count). The second kappa shape index (κ2) is 3.72. The number of carbonyl (C=O) groups is 1. The monoisotopic (exact) mass is 161 g/mol. The van der Waals surface area contributed by atoms with Crippen LogP contribution in [0.3, 0.4) is 0 Å². The van der Waals surface area contributed by atoms with Gasteiger partial charge in [0.05, 0.1) is 0 Å². The zero-order valence-corrected chi connectivity index (χ0v) is 7.00. The minimum Gasteiger partial charge on any atom is -0.361 e. The Kier molecular flexibility index (Phi) is 2.64. The van der Waals surface area contributed by atoms with Crippen LogP contribution in [0.5, 0.6) is 0 Å². The van der Waals surface area contributed by atoms with E-state index in [1.165, 1.54) is 16.5 Å². The van der Waals surface area contributed by atoms with Gasteiger partial charge in [0.25, 0.3) is 0 Å². The third kappa shape index (κ3) is 1.53. The number of fused-ring (bicyclic) bond motifs is 1. The summed E-state index contributed by atoms with van der Waals surface area (Å²) in [6, 6.07) is 8.47. The Balaban J connectivity index is 0.000000336. The van der Waals surface area contributed by atoms with Crippen molar-refractivity contribution >= 4 is 17.7 Å². The number of H-pyrrole nitrogens is 1. The predicted octanol–water partition coefficient (Wildman–Crippen LogP) is 2.29. The molecule has 1 aromatic carbocycles. The van der Waals surface area contributed by atoms with E-state index in [1.54, 1.807) is 0 Å². The van der Waals surface area contributed by atoms with Crippen molar-refractivity contribution in [2.75, 3.05) is 0 Å². The number of carbonyl (C=O) groups excluding carboxylic acids is 1. The highest BCUT2D eigenvalue weighted by Gasteiger charge is 1.90. The summed E-state index contributed by atoms with van der Waals surface area (Å²) in [5.74, 6) is 0. The van der Waals surface area contributed by atoms with E-state index in [-0.39, 0.29) is 0 Å². The molecule has 0 spiro atoms. The summed E-state index contributed by atoms with van der Waals surface area (Å²) >= 11 is 0. The van der Waals surface area contributed by atoms with Gasteiger partial charge in [-0.1, -0.05) is 11.6 Å². The normalized spacial score (nSPS) is 9.08. The van der Waals surface area contributed by atoms with Crippen molar-refractivity contribution in [1.29, 1.82) is 0 Å². The fraction of sp³-hybridized carbons (Fsp3) is 0.100. The highest BCUT2D eigenvalue weighted by Crippen LogP contribution is 2.12. The van der Waals surface area contributed by atoms with Gasteiger partial charge in [0.15, 0.2) is 0 Å². The van der Waals surface area contributed by atoms with Crippen LogP contribution in [0.4, 0.5) is 0 Å². The van der Waals surface area contributed by atoms with Crippen LogP contribution >= 0.6 is 0 Å². The molecule has 1 heterocycles. The first-order chi connectivity index (χ1) is 5.86. The van der Waals surface area contributed by atoms with Crippen molar-refractivity contribution in [2.24, 2.45) is 0 Å². The lowest BCUT2D eigenvalue weighted by Crippen LogP contribution is -1.69. The standard InChI is InChI=1S/C9H9N.CH2O/c1-7-2-3-9-8(6-7)4-5-10-9;1-2/h2-6,10H,1H3;1H2. The third-order valence-electron chi connectivity index (χ3n) is 1.71. The molecule has 0 aliphatic carbocycles. The molecule has 2 nitrogen and oxygen atoms in total. The average Bonchev–Trinajstić information content (AvgIpc) is 2.54. The summed E-state index contributed by atoms with van der Waals surface area (Å²) in [4.78, 5) is 11.1. The van der Waals surface area contributed by atoms with Gasteiger partial charge in [-0.15, -0.1) is 0 Å². The highest BCUT2D eigenvalue weighted by atomic mass is 16.1. The van der Waals surface area contributed by atoms with E-state index >= 15 is 0 Å². The average molecular weight is 161 g/mol. The Labute approximate surface area is 71.2 Å². The first kappa shape index (κ1) is 8.53. The molecule has 0 aliphatic heterocycles. The number of aromatic nitrogens is 1. The van der Waals surface area contributed by atoms with Gasteiger partial charge in [0.1, 0.15) is 6.79 Å². The van der Waals surface area contributed by atoms with Crippen molar-refractivity contribution in [2.45, 2.75) is 6.92 Å². The van der Waals surface area contributed by atoms with Crippen molar-refractivity contribution in [3.05, 3.63) is 36.0 Å². The zero-order valence-electron chi connectivity index (χ0n) is 7.00. The smallest absolute Gasteiger partial charge is 0.106 e. The van der Waals surface area contributed by atoms with Crippen molar-refractivity contribution in [3.8, 4) is 0 Å². The summed E-state index contributed by atoms with van der Waals surface area (Å²) in [5, 5.41) is 1.29. The Bertz CT molecular complexity index is 365. The molecule has 0 amide bonds. The molecule has 0 unspecified atom stereocenters. The molecule has 0 radical (unpaired) electrons. The second-order valence-corrected chi connectivity index (χ2v) is 2.57. The topological polar surface area (TPSA) is 32.9 Å². The largest absolute Gasteiger partial charge is 0.361 e. The Morgan fingerprint density at radius 3 is 2.75 bits per heavy atom. The molecule has 0 bridgehead atoms. The summed E-state index contributed by atoms with van der Waals surface area (Å²) < 4.78 is 0. The van der Waals surface area contributed by atoms with Crippen molar-refractivity contribution in [3.63, 3.8) is 0 Å². The highest BCUT2D eigenvalue weighted by molar-refractivity contribution is 5.79. The number of aryl methyl sites for hydroxylation is 1. The molecular weight excluding hydrogens is 150 g/mol. The summed E-state index contributed by atoms with van der Waals surface area (Å²) in [6.07, 6.45) is 1.96. The fourth-order valence-corrected chi connectivity index (χ4v) is 1.17. The molecule has 0 fully saturated rings. The summed E-state index contributed by atoms with van der Waals surface area (Å²) in [5.41, 5.74) is 2.53. The minimum absolute atomic E-state index is 1.21. The van der Waals surface area contributed by atoms with Crippen LogP contribution in [0.15, 0.2) is 30.5 Å². The predicted molar refractivity (Wildman–Crippen MR) is 50.2 cm³/mol. The molecule has 0 aliphatic rings. The van der Waals surface area contributed by atoms with Crippen LogP contribution in [0, 0.1) is 6.92 Å². The van der Waals surface area contributed by atoms with Gasteiger partial charge in [-0.25, -0.2) is 0 Å². The fourth-order valence-electron chi connectivity index (χ4n) is 1.17. The Hall–Kier alpha value is -1.57. The van der Waals surface area contributed by atoms with Crippen LogP contribution in [-0.2, 0) is 4.79 Å². The molecule has 1 aromatic heterocycles. The van der Waals surface area contributed by atoms with E-state index in [9.17, 15) is 0 Å². The lowest BCUT2D eigenvalue weighted by atomic mass is 10.2. The third-order valence-corrected chi connectivity index (χ3v) is 1.71. The lowest BCUT2D eigenvalue weighted by molar-refractivity contribution is -0.0979. The molecule has 62 valence electrons. The van der Waals surface area contributed by atoms with Crippen molar-refractivity contribution < 1.29 is 4.79 Å². The van der Waals surface area contributed by atoms with Gasteiger partial charge >= 0.3 is 0 Å². The quantitative estimate of drug-likeness (QED) is 0.631. The van der Waals surface area contributed by atoms with Crippen LogP contribution < -0.4 is 0 Å². The van der Waals surface area contributed by atoms with Gasteiger partial charge in [-0.3, -0.25) is 0 Å². The van der Waals surface area contributed by atoms with Gasteiger partial charge in [0, 0.05) is 11.7 Å². The number of nitrogens with one attached hydrogen (secondary N) is 1. The first-order valence-electron chi connectivity index (χ1n) is 3.69. The Morgan fingerprint density at radius 1 is 1.25 bits per heavy atom. The van der Waals surface area contributed by atoms with E-state index in [0.29, 0.717) is 0 Å². The van der Waals surface area contributed by atoms with Gasteiger partial charge in [0.2, 0.25) is 0 Å². The number of hydrogen-bond acceptors (Lipinski definition) is 1. The zero-order chi connectivity index (χ0) is 8.97. The SMILES string of the molecule is C=O.Cc1ccc2[nH]ccc2c1. The number of hydrogen-bond donors (Lipinski definition) is 1. The first-order valence-corrected chi connectivity index (χ1v) is 3.69. The molecule has 0 saturated carbocycles. The molecule has 0 atom stereocenters. The molecule has 1 N–H and O–H groups in total. The van der Waals surface area contributed by atoms with E-state index in [1.807, 2.05) is 13.0 Å². The number of rotatable bonds is 0. The van der Waals surface area contributed by atoms with Gasteiger partial charge in [-0.05, 0) is 30.5 Å². The van der Waals surface area contributed by atoms with Crippen LogP contribution in [0.25, 0.3) is 10.9 Å². The molecular formula is C10H11NO. The Morgan fingerprint density at radius 2 is 2.00 bits per heavy atom. The van der Waals surface area contributed by atoms with Gasteiger partial charge in [-0.2, -0.15) is 0 Å². The minimum atomic E-state index is 1.21. The van der Waals surface area contributed by atoms with E-state index in [0.717, 1.165) is 0 Å². The van der Waals surface area contributed by atoms with Crippen LogP contribution in [0.2, 0.25) is 0 Å². The molecule has 12 heavy (non-hydrogen) atoms. The maximum absolute atomic E-state index is 8.00. The summed E-state index contributed by atoms with van der Waals surface area (Å²) in [6.45, 7) is 4.10. The lowest BCUT2D eigenvalue weighted by Gasteiger charge is -1.90. The maximum Gasteiger partial charge on any atom is 0.106 e. The molecule has 2 heteroatoms. The van der Waals surface area contributed by atoms with E-state index < -0.39 is 0 Å². The van der Waals surface area contributed by atoms with Crippen LogP contribution in [-0.4, -0.2) is 11.8 Å².